The molecule has 278 valence electrons. The lowest BCUT2D eigenvalue weighted by atomic mass is 9.95. The number of nitrogens with zero attached hydrogens (tertiary/aromatic N) is 3. The molecular formula is C57H35N3. The first-order valence-electron chi connectivity index (χ1n) is 20.6. The summed E-state index contributed by atoms with van der Waals surface area (Å²) in [5.74, 6) is 0. The molecule has 3 nitrogen and oxygen atoms in total. The van der Waals surface area contributed by atoms with Crippen LogP contribution in [0.25, 0.3) is 122 Å². The summed E-state index contributed by atoms with van der Waals surface area (Å²) in [5, 5.41) is 7.44. The highest BCUT2D eigenvalue weighted by molar-refractivity contribution is 6.18. The molecule has 0 atom stereocenters. The zero-order chi connectivity index (χ0) is 39.3. The molecule has 13 rings (SSSR count). The molecule has 0 aliphatic heterocycles. The minimum absolute atomic E-state index is 1.02. The van der Waals surface area contributed by atoms with E-state index in [1.807, 2.05) is 6.20 Å². The molecule has 0 radical (unpaired) electrons. The predicted molar refractivity (Wildman–Crippen MR) is 251 cm³/mol. The van der Waals surface area contributed by atoms with Crippen molar-refractivity contribution in [2.24, 2.45) is 0 Å². The van der Waals surface area contributed by atoms with E-state index in [1.165, 1.54) is 99.0 Å². The monoisotopic (exact) mass is 761 g/mol. The van der Waals surface area contributed by atoms with Crippen molar-refractivity contribution in [3.8, 4) is 67.1 Å². The number of pyridine rings is 1. The second-order valence-corrected chi connectivity index (χ2v) is 15.9. The van der Waals surface area contributed by atoms with Crippen molar-refractivity contribution < 1.29 is 0 Å². The van der Waals surface area contributed by atoms with Gasteiger partial charge < -0.3 is 9.13 Å². The molecule has 0 N–H and O–H groups in total. The molecule has 3 aromatic heterocycles. The number of para-hydroxylation sites is 3. The third-order valence-corrected chi connectivity index (χ3v) is 12.7. The van der Waals surface area contributed by atoms with Crippen LogP contribution in [0.2, 0.25) is 0 Å². The maximum absolute atomic E-state index is 5.12. The number of benzene rings is 9. The molecule has 0 saturated heterocycles. The predicted octanol–water partition coefficient (Wildman–Crippen LogP) is 15.1. The van der Waals surface area contributed by atoms with E-state index in [2.05, 4.69) is 215 Å². The van der Waals surface area contributed by atoms with Crippen molar-refractivity contribution in [3.63, 3.8) is 0 Å². The number of aromatic nitrogens is 3. The van der Waals surface area contributed by atoms with Crippen LogP contribution < -0.4 is 0 Å². The first-order chi connectivity index (χ1) is 29.8. The molecule has 9 aromatic carbocycles. The van der Waals surface area contributed by atoms with Gasteiger partial charge in [0.25, 0.3) is 0 Å². The van der Waals surface area contributed by atoms with Crippen LogP contribution in [-0.2, 0) is 0 Å². The smallest absolute Gasteiger partial charge is 0.0787 e. The van der Waals surface area contributed by atoms with Gasteiger partial charge >= 0.3 is 0 Å². The van der Waals surface area contributed by atoms with Gasteiger partial charge in [0.2, 0.25) is 0 Å². The Kier molecular flexibility index (Phi) is 7.01. The molecule has 12 aromatic rings. The molecule has 0 fully saturated rings. The second-order valence-electron chi connectivity index (χ2n) is 15.9. The highest BCUT2D eigenvalue weighted by Gasteiger charge is 2.25. The van der Waals surface area contributed by atoms with E-state index in [0.29, 0.717) is 0 Å². The maximum Gasteiger partial charge on any atom is 0.0787 e. The largest absolute Gasteiger partial charge is 0.309 e. The van der Waals surface area contributed by atoms with Gasteiger partial charge in [-0.15, -0.1) is 0 Å². The first-order valence-corrected chi connectivity index (χ1v) is 20.6. The maximum atomic E-state index is 5.12. The van der Waals surface area contributed by atoms with Crippen molar-refractivity contribution in [3.05, 3.63) is 212 Å². The van der Waals surface area contributed by atoms with Crippen LogP contribution in [0.15, 0.2) is 212 Å². The van der Waals surface area contributed by atoms with Crippen LogP contribution in [-0.4, -0.2) is 14.1 Å². The zero-order valence-corrected chi connectivity index (χ0v) is 32.5. The zero-order valence-electron chi connectivity index (χ0n) is 32.5. The molecule has 60 heavy (non-hydrogen) atoms. The van der Waals surface area contributed by atoms with E-state index in [9.17, 15) is 0 Å². The van der Waals surface area contributed by atoms with Gasteiger partial charge in [-0.1, -0.05) is 140 Å². The average Bonchev–Trinajstić information content (AvgIpc) is 3.96. The van der Waals surface area contributed by atoms with E-state index in [4.69, 9.17) is 4.98 Å². The SMILES string of the molecule is c1ccc(-n2c3ccccc3c3cc(-c4ccc5c(c4)c4ccc(-c6cccc(-c7ncc8cccc9c8c7-c7ccccc7-9)c6)cc4n5-c4ccccc4)ccc32)cc1. The van der Waals surface area contributed by atoms with Crippen LogP contribution >= 0.6 is 0 Å². The second kappa shape index (κ2) is 12.7. The Bertz CT molecular complexity index is 3700. The lowest BCUT2D eigenvalue weighted by molar-refractivity contribution is 1.18. The van der Waals surface area contributed by atoms with E-state index < -0.39 is 0 Å². The van der Waals surface area contributed by atoms with Crippen LogP contribution in [0, 0.1) is 0 Å². The number of rotatable bonds is 5. The molecule has 0 spiro atoms. The molecule has 3 heterocycles. The molecule has 0 saturated carbocycles. The first kappa shape index (κ1) is 33.0. The van der Waals surface area contributed by atoms with Crippen LogP contribution in [0.3, 0.4) is 0 Å². The fraction of sp³-hybridized carbons (Fsp3) is 0. The molecule has 1 aliphatic carbocycles. The van der Waals surface area contributed by atoms with Crippen LogP contribution in [0.5, 0.6) is 0 Å². The highest BCUT2D eigenvalue weighted by Crippen LogP contribution is 2.50. The van der Waals surface area contributed by atoms with E-state index >= 15 is 0 Å². The van der Waals surface area contributed by atoms with Gasteiger partial charge in [0, 0.05) is 61.0 Å². The Morgan fingerprint density at radius 1 is 0.317 bits per heavy atom. The van der Waals surface area contributed by atoms with Gasteiger partial charge in [0.15, 0.2) is 0 Å². The van der Waals surface area contributed by atoms with Crippen molar-refractivity contribution in [1.29, 1.82) is 0 Å². The van der Waals surface area contributed by atoms with E-state index in [-0.39, 0.29) is 0 Å². The van der Waals surface area contributed by atoms with E-state index in [0.717, 1.165) is 22.5 Å². The van der Waals surface area contributed by atoms with Gasteiger partial charge in [0.05, 0.1) is 27.8 Å². The van der Waals surface area contributed by atoms with Crippen molar-refractivity contribution in [1.82, 2.24) is 14.1 Å². The number of hydrogen-bond donors (Lipinski definition) is 0. The fourth-order valence-electron chi connectivity index (χ4n) is 10.0. The summed E-state index contributed by atoms with van der Waals surface area (Å²) < 4.78 is 4.79. The summed E-state index contributed by atoms with van der Waals surface area (Å²) in [4.78, 5) is 5.12. The number of hydrogen-bond acceptors (Lipinski definition) is 1. The summed E-state index contributed by atoms with van der Waals surface area (Å²) in [7, 11) is 0. The van der Waals surface area contributed by atoms with Crippen molar-refractivity contribution >= 4 is 54.4 Å². The van der Waals surface area contributed by atoms with Crippen molar-refractivity contribution in [2.45, 2.75) is 0 Å². The molecule has 0 unspecified atom stereocenters. The van der Waals surface area contributed by atoms with Gasteiger partial charge in [-0.2, -0.15) is 0 Å². The summed E-state index contributed by atoms with van der Waals surface area (Å²) in [6.07, 6.45) is 2.04. The Morgan fingerprint density at radius 3 is 1.60 bits per heavy atom. The minimum Gasteiger partial charge on any atom is -0.309 e. The Labute approximate surface area is 346 Å². The topological polar surface area (TPSA) is 22.8 Å². The molecule has 0 amide bonds. The van der Waals surface area contributed by atoms with Crippen molar-refractivity contribution in [2.75, 3.05) is 0 Å². The van der Waals surface area contributed by atoms with Crippen LogP contribution in [0.1, 0.15) is 0 Å². The average molecular weight is 762 g/mol. The summed E-state index contributed by atoms with van der Waals surface area (Å²) in [5.41, 5.74) is 19.0. The fourth-order valence-corrected chi connectivity index (χ4v) is 10.0. The Morgan fingerprint density at radius 2 is 0.850 bits per heavy atom. The standard InChI is InChI=1S/C57H35N3/c1-3-16-42(17-4-1)59-51-24-10-9-21-45(51)49-32-37(26-29-52(49)59)38-27-30-53-50(33-38)46-28-25-39(34-54(46)60(53)43-18-5-2-6-19-43)36-13-11-14-40(31-36)57-56-48-22-8-7-20-44(48)47-23-12-15-41(35-58-57)55(47)56/h1-35H. The minimum atomic E-state index is 1.02. The van der Waals surface area contributed by atoms with E-state index in [1.54, 1.807) is 0 Å². The van der Waals surface area contributed by atoms with Crippen LogP contribution in [0.4, 0.5) is 0 Å². The quantitative estimate of drug-likeness (QED) is 0.171. The molecular weight excluding hydrogens is 727 g/mol. The normalized spacial score (nSPS) is 12.0. The van der Waals surface area contributed by atoms with Gasteiger partial charge in [-0.3, -0.25) is 4.98 Å². The Hall–Kier alpha value is -8.01. The lowest BCUT2D eigenvalue weighted by Gasteiger charge is -2.12. The Balaban J connectivity index is 0.962. The molecule has 0 bridgehead atoms. The molecule has 1 aliphatic rings. The summed E-state index contributed by atoms with van der Waals surface area (Å²) in [6, 6.07) is 75.2. The third kappa shape index (κ3) is 4.81. The van der Waals surface area contributed by atoms with Gasteiger partial charge in [0.1, 0.15) is 0 Å². The number of fused-ring (bicyclic) bond motifs is 9. The third-order valence-electron chi connectivity index (χ3n) is 12.7. The van der Waals surface area contributed by atoms with Gasteiger partial charge in [-0.25, -0.2) is 0 Å². The van der Waals surface area contributed by atoms with Gasteiger partial charge in [-0.05, 0) is 106 Å². The summed E-state index contributed by atoms with van der Waals surface area (Å²) in [6.45, 7) is 0. The molecule has 3 heteroatoms. The lowest BCUT2D eigenvalue weighted by Crippen LogP contribution is -1.94. The highest BCUT2D eigenvalue weighted by atomic mass is 15.0. The summed E-state index contributed by atoms with van der Waals surface area (Å²) >= 11 is 0.